The van der Waals surface area contributed by atoms with Gasteiger partial charge in [-0.05, 0) is 38.3 Å². The lowest BCUT2D eigenvalue weighted by atomic mass is 10.1. The molecule has 6 nitrogen and oxygen atoms in total. The molecule has 28 heavy (non-hydrogen) atoms. The van der Waals surface area contributed by atoms with Crippen LogP contribution in [0.1, 0.15) is 34.5 Å². The van der Waals surface area contributed by atoms with E-state index >= 15 is 0 Å². The molecule has 0 radical (unpaired) electrons. The third kappa shape index (κ3) is 5.66. The Morgan fingerprint density at radius 1 is 1.14 bits per heavy atom. The Bertz CT molecular complexity index is 775. The van der Waals surface area contributed by atoms with Gasteiger partial charge in [-0.3, -0.25) is 14.4 Å². The van der Waals surface area contributed by atoms with E-state index in [2.05, 4.69) is 58.3 Å². The van der Waals surface area contributed by atoms with Gasteiger partial charge in [-0.15, -0.1) is 0 Å². The third-order valence-electron chi connectivity index (χ3n) is 5.55. The van der Waals surface area contributed by atoms with Crippen molar-refractivity contribution in [2.24, 2.45) is 0 Å². The van der Waals surface area contributed by atoms with Gasteiger partial charge in [0.1, 0.15) is 0 Å². The number of carbonyl (C=O) groups is 1. The quantitative estimate of drug-likeness (QED) is 0.730. The van der Waals surface area contributed by atoms with Gasteiger partial charge in [-0.25, -0.2) is 0 Å². The third-order valence-corrected chi connectivity index (χ3v) is 5.55. The molecule has 1 aliphatic rings. The van der Waals surface area contributed by atoms with Gasteiger partial charge in [0.25, 0.3) is 0 Å². The first-order chi connectivity index (χ1) is 13.5. The van der Waals surface area contributed by atoms with E-state index in [1.807, 2.05) is 6.92 Å². The molecule has 1 amide bonds. The Labute approximate surface area is 168 Å². The van der Waals surface area contributed by atoms with E-state index in [9.17, 15) is 4.79 Å². The molecule has 152 valence electrons. The fraction of sp³-hybridized carbons (Fsp3) is 0.545. The summed E-state index contributed by atoms with van der Waals surface area (Å²) in [6.45, 7) is 12.9. The van der Waals surface area contributed by atoms with Crippen LogP contribution in [0.5, 0.6) is 0 Å². The molecule has 1 aromatic carbocycles. The summed E-state index contributed by atoms with van der Waals surface area (Å²) in [4.78, 5) is 14.6. The van der Waals surface area contributed by atoms with Crippen molar-refractivity contribution in [3.8, 4) is 0 Å². The highest BCUT2D eigenvalue weighted by Gasteiger charge is 2.14. The minimum atomic E-state index is 0.125. The van der Waals surface area contributed by atoms with Crippen molar-refractivity contribution in [1.29, 1.82) is 0 Å². The van der Waals surface area contributed by atoms with Crippen LogP contribution in [0.3, 0.4) is 0 Å². The van der Waals surface area contributed by atoms with Gasteiger partial charge in [-0.1, -0.05) is 29.8 Å². The molecular formula is C22H33N5O. The van der Waals surface area contributed by atoms with Crippen molar-refractivity contribution in [3.63, 3.8) is 0 Å². The smallest absolute Gasteiger partial charge is 0.220 e. The Morgan fingerprint density at radius 2 is 1.86 bits per heavy atom. The summed E-state index contributed by atoms with van der Waals surface area (Å²) >= 11 is 0. The number of hydrogen-bond donors (Lipinski definition) is 2. The second-order valence-electron chi connectivity index (χ2n) is 7.73. The van der Waals surface area contributed by atoms with E-state index in [0.717, 1.165) is 63.6 Å². The van der Waals surface area contributed by atoms with E-state index in [0.29, 0.717) is 6.42 Å². The minimum absolute atomic E-state index is 0.125. The molecule has 0 spiro atoms. The number of hydrogen-bond acceptors (Lipinski definition) is 4. The Balaban J connectivity index is 1.47. The van der Waals surface area contributed by atoms with Crippen LogP contribution in [0.25, 0.3) is 0 Å². The molecule has 2 heterocycles. The lowest BCUT2D eigenvalue weighted by Gasteiger charge is -2.27. The molecule has 3 rings (SSSR count). The van der Waals surface area contributed by atoms with Crippen molar-refractivity contribution in [1.82, 2.24) is 25.3 Å². The number of nitrogens with zero attached hydrogens (tertiary/aromatic N) is 3. The second kappa shape index (κ2) is 9.85. The molecule has 2 aromatic rings. The summed E-state index contributed by atoms with van der Waals surface area (Å²) < 4.78 is 2.05. The van der Waals surface area contributed by atoms with Crippen LogP contribution >= 0.6 is 0 Å². The number of nitrogens with one attached hydrogen (secondary N) is 2. The number of carbonyl (C=O) groups excluding carboxylic acids is 1. The molecule has 1 aliphatic heterocycles. The monoisotopic (exact) mass is 383 g/mol. The summed E-state index contributed by atoms with van der Waals surface area (Å²) in [6, 6.07) is 8.56. The normalized spacial score (nSPS) is 15.0. The zero-order chi connectivity index (χ0) is 19.9. The van der Waals surface area contributed by atoms with Crippen LogP contribution in [0.15, 0.2) is 24.3 Å². The maximum absolute atomic E-state index is 12.2. The molecule has 0 aliphatic carbocycles. The number of amides is 1. The first-order valence-corrected chi connectivity index (χ1v) is 10.3. The molecule has 1 fully saturated rings. The highest BCUT2D eigenvalue weighted by Crippen LogP contribution is 2.17. The fourth-order valence-electron chi connectivity index (χ4n) is 3.73. The van der Waals surface area contributed by atoms with E-state index < -0.39 is 0 Å². The summed E-state index contributed by atoms with van der Waals surface area (Å²) in [5.74, 6) is 0.125. The standard InChI is InChI=1S/C22H33N5O/c1-17-4-6-20(7-5-17)16-27-19(3)21(18(2)25-27)8-9-22(28)24-12-15-26-13-10-23-11-14-26/h4-7,23H,8-16H2,1-3H3,(H,24,28). The van der Waals surface area contributed by atoms with Crippen molar-refractivity contribution in [3.05, 3.63) is 52.3 Å². The van der Waals surface area contributed by atoms with Crippen LogP contribution in [-0.4, -0.2) is 59.9 Å². The van der Waals surface area contributed by atoms with Crippen molar-refractivity contribution in [2.45, 2.75) is 40.2 Å². The van der Waals surface area contributed by atoms with E-state index in [1.165, 1.54) is 16.7 Å². The van der Waals surface area contributed by atoms with Gasteiger partial charge < -0.3 is 10.6 Å². The zero-order valence-electron chi connectivity index (χ0n) is 17.4. The molecule has 1 aromatic heterocycles. The van der Waals surface area contributed by atoms with E-state index in [4.69, 9.17) is 5.10 Å². The Morgan fingerprint density at radius 3 is 2.57 bits per heavy atom. The zero-order valence-corrected chi connectivity index (χ0v) is 17.4. The first kappa shape index (κ1) is 20.6. The van der Waals surface area contributed by atoms with Gasteiger partial charge >= 0.3 is 0 Å². The average molecular weight is 384 g/mol. The summed E-state index contributed by atoms with van der Waals surface area (Å²) in [5, 5.41) is 11.1. The van der Waals surface area contributed by atoms with Crippen LogP contribution in [0, 0.1) is 20.8 Å². The van der Waals surface area contributed by atoms with Crippen molar-refractivity contribution < 1.29 is 4.79 Å². The second-order valence-corrected chi connectivity index (χ2v) is 7.73. The molecule has 0 atom stereocenters. The van der Waals surface area contributed by atoms with Gasteiger partial charge in [0.2, 0.25) is 5.91 Å². The van der Waals surface area contributed by atoms with Gasteiger partial charge in [0.15, 0.2) is 0 Å². The molecular weight excluding hydrogens is 350 g/mol. The number of rotatable bonds is 8. The van der Waals surface area contributed by atoms with Crippen molar-refractivity contribution in [2.75, 3.05) is 39.3 Å². The molecule has 1 saturated heterocycles. The predicted octanol–water partition coefficient (Wildman–Crippen LogP) is 1.81. The van der Waals surface area contributed by atoms with E-state index in [1.54, 1.807) is 0 Å². The lowest BCUT2D eigenvalue weighted by Crippen LogP contribution is -2.46. The summed E-state index contributed by atoms with van der Waals surface area (Å²) in [5.41, 5.74) is 5.89. The molecule has 6 heteroatoms. The maximum atomic E-state index is 12.2. The fourth-order valence-corrected chi connectivity index (χ4v) is 3.73. The number of aryl methyl sites for hydroxylation is 2. The van der Waals surface area contributed by atoms with Crippen LogP contribution in [-0.2, 0) is 17.8 Å². The SMILES string of the molecule is Cc1ccc(Cn2nc(C)c(CCC(=O)NCCN3CCNCC3)c2C)cc1. The largest absolute Gasteiger partial charge is 0.355 e. The number of piperazine rings is 1. The van der Waals surface area contributed by atoms with Crippen molar-refractivity contribution >= 4 is 5.91 Å². The average Bonchev–Trinajstić information content (AvgIpc) is 2.96. The van der Waals surface area contributed by atoms with Crippen LogP contribution in [0.4, 0.5) is 0 Å². The molecule has 0 bridgehead atoms. The van der Waals surface area contributed by atoms with E-state index in [-0.39, 0.29) is 5.91 Å². The topological polar surface area (TPSA) is 62.2 Å². The highest BCUT2D eigenvalue weighted by molar-refractivity contribution is 5.76. The predicted molar refractivity (Wildman–Crippen MR) is 113 cm³/mol. The van der Waals surface area contributed by atoms with Gasteiger partial charge in [0, 0.05) is 51.4 Å². The minimum Gasteiger partial charge on any atom is -0.355 e. The lowest BCUT2D eigenvalue weighted by molar-refractivity contribution is -0.121. The summed E-state index contributed by atoms with van der Waals surface area (Å²) in [6.07, 6.45) is 1.25. The van der Waals surface area contributed by atoms with Gasteiger partial charge in [-0.2, -0.15) is 5.10 Å². The van der Waals surface area contributed by atoms with Crippen LogP contribution < -0.4 is 10.6 Å². The highest BCUT2D eigenvalue weighted by atomic mass is 16.1. The number of benzene rings is 1. The Hall–Kier alpha value is -2.18. The maximum Gasteiger partial charge on any atom is 0.220 e. The van der Waals surface area contributed by atoms with Gasteiger partial charge in [0.05, 0.1) is 12.2 Å². The molecule has 2 N–H and O–H groups in total. The molecule has 0 saturated carbocycles. The first-order valence-electron chi connectivity index (χ1n) is 10.3. The summed E-state index contributed by atoms with van der Waals surface area (Å²) in [7, 11) is 0. The molecule has 0 unspecified atom stereocenters. The number of aromatic nitrogens is 2. The van der Waals surface area contributed by atoms with Crippen LogP contribution in [0.2, 0.25) is 0 Å². The Kier molecular flexibility index (Phi) is 7.23.